The second-order valence-electron chi connectivity index (χ2n) is 4.23. The van der Waals surface area contributed by atoms with Crippen molar-refractivity contribution in [2.75, 3.05) is 7.11 Å². The third-order valence-corrected chi connectivity index (χ3v) is 2.91. The van der Waals surface area contributed by atoms with Gasteiger partial charge in [0.25, 0.3) is 0 Å². The quantitative estimate of drug-likeness (QED) is 0.918. The van der Waals surface area contributed by atoms with E-state index in [0.29, 0.717) is 5.75 Å². The summed E-state index contributed by atoms with van der Waals surface area (Å²) < 4.78 is 31.4. The van der Waals surface area contributed by atoms with E-state index in [2.05, 4.69) is 0 Å². The van der Waals surface area contributed by atoms with Gasteiger partial charge >= 0.3 is 0 Å². The van der Waals surface area contributed by atoms with Crippen molar-refractivity contribution in [1.82, 2.24) is 0 Å². The molecule has 2 aromatic carbocycles. The zero-order valence-electron chi connectivity index (χ0n) is 10.4. The number of methoxy groups -OCH3 is 1. The van der Waals surface area contributed by atoms with Gasteiger partial charge in [0.15, 0.2) is 0 Å². The summed E-state index contributed by atoms with van der Waals surface area (Å²) in [5.41, 5.74) is 0.939. The second-order valence-corrected chi connectivity index (χ2v) is 4.23. The van der Waals surface area contributed by atoms with Gasteiger partial charge in [0.2, 0.25) is 0 Å². The summed E-state index contributed by atoms with van der Waals surface area (Å²) in [7, 11) is 1.45. The number of hydrogen-bond acceptors (Lipinski definition) is 2. The van der Waals surface area contributed by atoms with E-state index in [1.54, 1.807) is 18.2 Å². The Morgan fingerprint density at radius 2 is 1.79 bits per heavy atom. The Balaban J connectivity index is 2.15. The molecule has 0 radical (unpaired) electrons. The first kappa shape index (κ1) is 13.5. The number of aliphatic hydroxyl groups is 1. The first-order valence-corrected chi connectivity index (χ1v) is 5.86. The molecule has 100 valence electrons. The summed E-state index contributed by atoms with van der Waals surface area (Å²) in [5, 5.41) is 10.0. The Morgan fingerprint density at radius 3 is 2.37 bits per heavy atom. The Labute approximate surface area is 110 Å². The molecule has 4 heteroatoms. The molecule has 0 aromatic heterocycles. The van der Waals surface area contributed by atoms with E-state index in [9.17, 15) is 13.9 Å². The molecule has 0 bridgehead atoms. The summed E-state index contributed by atoms with van der Waals surface area (Å²) in [6.07, 6.45) is -0.750. The maximum absolute atomic E-state index is 13.8. The molecule has 0 spiro atoms. The lowest BCUT2D eigenvalue weighted by atomic mass is 10.0. The Hall–Kier alpha value is -1.94. The van der Waals surface area contributed by atoms with Crippen LogP contribution >= 0.6 is 0 Å². The fourth-order valence-electron chi connectivity index (χ4n) is 1.86. The SMILES string of the molecule is COc1ccc(C(O)Cc2ccc(F)cc2)c(F)c1. The van der Waals surface area contributed by atoms with E-state index in [0.717, 1.165) is 5.56 Å². The molecule has 0 saturated carbocycles. The van der Waals surface area contributed by atoms with Gasteiger partial charge < -0.3 is 9.84 Å². The number of ether oxygens (including phenoxy) is 1. The zero-order chi connectivity index (χ0) is 13.8. The van der Waals surface area contributed by atoms with E-state index in [1.165, 1.54) is 31.4 Å². The number of benzene rings is 2. The maximum Gasteiger partial charge on any atom is 0.132 e. The topological polar surface area (TPSA) is 29.5 Å². The summed E-state index contributed by atoms with van der Waals surface area (Å²) in [6, 6.07) is 10.1. The molecule has 1 atom stereocenters. The van der Waals surface area contributed by atoms with Crippen LogP contribution in [0.4, 0.5) is 8.78 Å². The van der Waals surface area contributed by atoms with E-state index < -0.39 is 11.9 Å². The zero-order valence-corrected chi connectivity index (χ0v) is 10.4. The number of halogens is 2. The van der Waals surface area contributed by atoms with Crippen molar-refractivity contribution in [3.05, 3.63) is 65.2 Å². The summed E-state index contributed by atoms with van der Waals surface area (Å²) >= 11 is 0. The fraction of sp³-hybridized carbons (Fsp3) is 0.200. The van der Waals surface area contributed by atoms with Crippen molar-refractivity contribution in [2.45, 2.75) is 12.5 Å². The second kappa shape index (κ2) is 5.80. The van der Waals surface area contributed by atoms with Crippen LogP contribution in [0.25, 0.3) is 0 Å². The molecule has 2 aromatic rings. The summed E-state index contributed by atoms with van der Waals surface area (Å²) in [4.78, 5) is 0. The van der Waals surface area contributed by atoms with E-state index in [4.69, 9.17) is 4.74 Å². The highest BCUT2D eigenvalue weighted by atomic mass is 19.1. The van der Waals surface area contributed by atoms with E-state index >= 15 is 0 Å². The largest absolute Gasteiger partial charge is 0.497 e. The van der Waals surface area contributed by atoms with Gasteiger partial charge in [-0.05, 0) is 29.8 Å². The third kappa shape index (κ3) is 3.29. The highest BCUT2D eigenvalue weighted by molar-refractivity contribution is 5.31. The molecule has 1 unspecified atom stereocenters. The lowest BCUT2D eigenvalue weighted by molar-refractivity contribution is 0.173. The molecular formula is C15H14F2O2. The van der Waals surface area contributed by atoms with Crippen LogP contribution in [0.5, 0.6) is 5.75 Å². The van der Waals surface area contributed by atoms with Gasteiger partial charge in [0, 0.05) is 18.1 Å². The predicted molar refractivity (Wildman–Crippen MR) is 68.0 cm³/mol. The van der Waals surface area contributed by atoms with Crippen molar-refractivity contribution in [2.24, 2.45) is 0 Å². The molecule has 0 saturated heterocycles. The van der Waals surface area contributed by atoms with Crippen LogP contribution < -0.4 is 4.74 Å². The molecule has 2 rings (SSSR count). The standard InChI is InChI=1S/C15H14F2O2/c1-19-12-6-7-13(14(17)9-12)15(18)8-10-2-4-11(16)5-3-10/h2-7,9,15,18H,8H2,1H3. The van der Waals surface area contributed by atoms with Gasteiger partial charge in [-0.15, -0.1) is 0 Å². The van der Waals surface area contributed by atoms with Crippen molar-refractivity contribution < 1.29 is 18.6 Å². The average Bonchev–Trinajstić information content (AvgIpc) is 2.41. The first-order chi connectivity index (χ1) is 9.10. The van der Waals surface area contributed by atoms with E-state index in [-0.39, 0.29) is 17.8 Å². The van der Waals surface area contributed by atoms with Crippen LogP contribution in [-0.4, -0.2) is 12.2 Å². The van der Waals surface area contributed by atoms with Crippen molar-refractivity contribution in [3.8, 4) is 5.75 Å². The van der Waals surface area contributed by atoms with Crippen molar-refractivity contribution in [3.63, 3.8) is 0 Å². The molecule has 0 amide bonds. The minimum atomic E-state index is -0.976. The van der Waals surface area contributed by atoms with Gasteiger partial charge in [-0.25, -0.2) is 8.78 Å². The Bertz CT molecular complexity index is 553. The highest BCUT2D eigenvalue weighted by Crippen LogP contribution is 2.24. The van der Waals surface area contributed by atoms with Crippen LogP contribution in [0.1, 0.15) is 17.2 Å². The molecule has 0 aliphatic carbocycles. The lowest BCUT2D eigenvalue weighted by Gasteiger charge is -2.13. The van der Waals surface area contributed by atoms with E-state index in [1.807, 2.05) is 0 Å². The minimum Gasteiger partial charge on any atom is -0.497 e. The van der Waals surface area contributed by atoms with Crippen molar-refractivity contribution in [1.29, 1.82) is 0 Å². The average molecular weight is 264 g/mol. The third-order valence-electron chi connectivity index (χ3n) is 2.91. The molecule has 2 nitrogen and oxygen atoms in total. The van der Waals surface area contributed by atoms with Gasteiger partial charge in [-0.1, -0.05) is 12.1 Å². The monoisotopic (exact) mass is 264 g/mol. The van der Waals surface area contributed by atoms with Gasteiger partial charge in [0.05, 0.1) is 13.2 Å². The van der Waals surface area contributed by atoms with Gasteiger partial charge in [-0.3, -0.25) is 0 Å². The van der Waals surface area contributed by atoms with Crippen LogP contribution in [0.2, 0.25) is 0 Å². The summed E-state index contributed by atoms with van der Waals surface area (Å²) in [6.45, 7) is 0. The number of hydrogen-bond donors (Lipinski definition) is 1. The Morgan fingerprint density at radius 1 is 1.11 bits per heavy atom. The van der Waals surface area contributed by atoms with Crippen LogP contribution in [0, 0.1) is 11.6 Å². The van der Waals surface area contributed by atoms with Crippen LogP contribution in [0.15, 0.2) is 42.5 Å². The smallest absolute Gasteiger partial charge is 0.132 e. The molecule has 0 fully saturated rings. The molecular weight excluding hydrogens is 250 g/mol. The normalized spacial score (nSPS) is 12.2. The van der Waals surface area contributed by atoms with Gasteiger partial charge in [0.1, 0.15) is 17.4 Å². The highest BCUT2D eigenvalue weighted by Gasteiger charge is 2.14. The van der Waals surface area contributed by atoms with Crippen molar-refractivity contribution >= 4 is 0 Å². The summed E-state index contributed by atoms with van der Waals surface area (Å²) in [5.74, 6) is -0.460. The predicted octanol–water partition coefficient (Wildman–Crippen LogP) is 3.25. The molecule has 19 heavy (non-hydrogen) atoms. The fourth-order valence-corrected chi connectivity index (χ4v) is 1.86. The number of aliphatic hydroxyl groups excluding tert-OH is 1. The minimum absolute atomic E-state index is 0.199. The first-order valence-electron chi connectivity index (χ1n) is 5.86. The van der Waals surface area contributed by atoms with Crippen LogP contribution in [0.3, 0.4) is 0 Å². The molecule has 0 aliphatic rings. The number of rotatable bonds is 4. The Kier molecular flexibility index (Phi) is 4.12. The van der Waals surface area contributed by atoms with Gasteiger partial charge in [-0.2, -0.15) is 0 Å². The van der Waals surface area contributed by atoms with Crippen LogP contribution in [-0.2, 0) is 6.42 Å². The maximum atomic E-state index is 13.8. The molecule has 0 aliphatic heterocycles. The lowest BCUT2D eigenvalue weighted by Crippen LogP contribution is -2.04. The molecule has 1 N–H and O–H groups in total. The molecule has 0 heterocycles.